The predicted octanol–water partition coefficient (Wildman–Crippen LogP) is 2.71. The summed E-state index contributed by atoms with van der Waals surface area (Å²) in [6.07, 6.45) is 0. The fraction of sp³-hybridized carbons (Fsp3) is 0.118. The smallest absolute Gasteiger partial charge is 0.355 e. The van der Waals surface area contributed by atoms with Crippen LogP contribution in [0, 0.1) is 0 Å². The number of esters is 1. The number of nitrogens with zero attached hydrogens (tertiary/aromatic N) is 4. The maximum Gasteiger partial charge on any atom is 0.355 e. The Hall–Kier alpha value is -3.04. The van der Waals surface area contributed by atoms with E-state index in [4.69, 9.17) is 16.3 Å². The van der Waals surface area contributed by atoms with Crippen molar-refractivity contribution in [3.05, 3.63) is 68.5 Å². The minimum Gasteiger partial charge on any atom is -0.464 e. The van der Waals surface area contributed by atoms with Crippen LogP contribution in [0.1, 0.15) is 21.3 Å². The Morgan fingerprint density at radius 1 is 1.26 bits per heavy atom. The summed E-state index contributed by atoms with van der Waals surface area (Å²) in [5, 5.41) is 16.7. The molecule has 3 heterocycles. The maximum atomic E-state index is 13.4. The summed E-state index contributed by atoms with van der Waals surface area (Å²) in [5.74, 6) is -0.774. The number of ether oxygens (including phenoxy) is 1. The Morgan fingerprint density at radius 3 is 2.70 bits per heavy atom. The first-order valence-corrected chi connectivity index (χ1v) is 9.07. The Labute approximate surface area is 162 Å². The minimum absolute atomic E-state index is 0.0122. The summed E-state index contributed by atoms with van der Waals surface area (Å²) in [4.78, 5) is 26.6. The molecule has 1 atom stereocenters. The third kappa shape index (κ3) is 3.00. The molecule has 27 heavy (non-hydrogen) atoms. The van der Waals surface area contributed by atoms with Crippen LogP contribution in [0.25, 0.3) is 0 Å². The Balaban J connectivity index is 1.93. The van der Waals surface area contributed by atoms with Gasteiger partial charge in [-0.3, -0.25) is 4.79 Å². The number of methoxy groups -OCH3 is 1. The second-order valence-electron chi connectivity index (χ2n) is 5.61. The number of Topliss-reactive ketones (excluding diaryl/α,β-unsaturated/α-hetero) is 1. The number of carbonyl (C=O) groups is 2. The summed E-state index contributed by atoms with van der Waals surface area (Å²) in [6, 6.07) is 9.50. The number of nitrogens with one attached hydrogen (secondary N) is 1. The number of aromatic nitrogens is 4. The van der Waals surface area contributed by atoms with Crippen LogP contribution in [0.15, 0.2) is 53.0 Å². The molecule has 8 nitrogen and oxygen atoms in total. The van der Waals surface area contributed by atoms with E-state index in [1.165, 1.54) is 23.1 Å². The molecule has 0 saturated heterocycles. The van der Waals surface area contributed by atoms with Gasteiger partial charge in [0.1, 0.15) is 11.7 Å². The van der Waals surface area contributed by atoms with Crippen LogP contribution in [0.5, 0.6) is 0 Å². The van der Waals surface area contributed by atoms with Gasteiger partial charge in [-0.05, 0) is 46.1 Å². The molecule has 3 aromatic rings. The van der Waals surface area contributed by atoms with Crippen LogP contribution in [-0.4, -0.2) is 39.1 Å². The van der Waals surface area contributed by atoms with Gasteiger partial charge in [0.15, 0.2) is 5.78 Å². The Morgan fingerprint density at radius 2 is 2.04 bits per heavy atom. The summed E-state index contributed by atoms with van der Waals surface area (Å²) in [6.45, 7) is 0. The van der Waals surface area contributed by atoms with Gasteiger partial charge in [0, 0.05) is 15.5 Å². The van der Waals surface area contributed by atoms with Gasteiger partial charge in [0.05, 0.1) is 12.7 Å². The van der Waals surface area contributed by atoms with Crippen molar-refractivity contribution in [2.75, 3.05) is 12.4 Å². The van der Waals surface area contributed by atoms with Crippen LogP contribution in [0.3, 0.4) is 0 Å². The van der Waals surface area contributed by atoms with E-state index in [2.05, 4.69) is 20.8 Å². The standard InChI is InChI=1S/C17H12ClN5O3S/c1-26-16(25)13-12(15(24)9-4-6-10(18)7-5-9)14(11-3-2-8-27-11)23-17(19-13)20-21-22-23/h2-8,14H,1H3,(H,19,20,22)/t14-/m1/s1. The molecule has 10 heteroatoms. The van der Waals surface area contributed by atoms with Crippen molar-refractivity contribution in [2.24, 2.45) is 0 Å². The molecular formula is C17H12ClN5O3S. The lowest BCUT2D eigenvalue weighted by atomic mass is 9.93. The molecule has 0 spiro atoms. The molecule has 4 rings (SSSR count). The highest BCUT2D eigenvalue weighted by Crippen LogP contribution is 2.38. The monoisotopic (exact) mass is 401 g/mol. The molecule has 1 aromatic carbocycles. The van der Waals surface area contributed by atoms with Gasteiger partial charge in [-0.1, -0.05) is 22.8 Å². The van der Waals surface area contributed by atoms with Crippen molar-refractivity contribution in [2.45, 2.75) is 6.04 Å². The van der Waals surface area contributed by atoms with Gasteiger partial charge < -0.3 is 10.1 Å². The van der Waals surface area contributed by atoms with Crippen LogP contribution >= 0.6 is 22.9 Å². The fourth-order valence-electron chi connectivity index (χ4n) is 2.86. The van der Waals surface area contributed by atoms with Crippen LogP contribution in [0.4, 0.5) is 5.95 Å². The number of benzene rings is 1. The Bertz CT molecular complexity index is 1040. The van der Waals surface area contributed by atoms with E-state index in [0.717, 1.165) is 4.88 Å². The average Bonchev–Trinajstić information content (AvgIpc) is 3.37. The van der Waals surface area contributed by atoms with Crippen molar-refractivity contribution in [3.8, 4) is 0 Å². The van der Waals surface area contributed by atoms with E-state index in [1.807, 2.05) is 17.5 Å². The molecule has 0 saturated carbocycles. The van der Waals surface area contributed by atoms with Crippen LogP contribution in [-0.2, 0) is 9.53 Å². The molecule has 0 bridgehead atoms. The molecule has 2 aromatic heterocycles. The van der Waals surface area contributed by atoms with Crippen molar-refractivity contribution in [3.63, 3.8) is 0 Å². The van der Waals surface area contributed by atoms with E-state index in [-0.39, 0.29) is 23.0 Å². The topological polar surface area (TPSA) is 99.0 Å². The van der Waals surface area contributed by atoms with Crippen molar-refractivity contribution in [1.29, 1.82) is 0 Å². The summed E-state index contributed by atoms with van der Waals surface area (Å²) in [7, 11) is 1.25. The van der Waals surface area contributed by atoms with E-state index in [0.29, 0.717) is 10.6 Å². The molecule has 0 fully saturated rings. The third-order valence-electron chi connectivity index (χ3n) is 4.07. The van der Waals surface area contributed by atoms with Gasteiger partial charge >= 0.3 is 5.97 Å². The molecule has 0 aliphatic carbocycles. The quantitative estimate of drug-likeness (QED) is 0.530. The van der Waals surface area contributed by atoms with Crippen LogP contribution < -0.4 is 5.32 Å². The van der Waals surface area contributed by atoms with Gasteiger partial charge in [-0.25, -0.2) is 4.79 Å². The summed E-state index contributed by atoms with van der Waals surface area (Å²) in [5.41, 5.74) is 0.597. The molecule has 136 valence electrons. The lowest BCUT2D eigenvalue weighted by molar-refractivity contribution is -0.136. The average molecular weight is 402 g/mol. The van der Waals surface area contributed by atoms with Gasteiger partial charge in [-0.15, -0.1) is 11.3 Å². The highest BCUT2D eigenvalue weighted by Gasteiger charge is 2.38. The highest BCUT2D eigenvalue weighted by atomic mass is 35.5. The van der Waals surface area contributed by atoms with Gasteiger partial charge in [0.2, 0.25) is 5.95 Å². The third-order valence-corrected chi connectivity index (χ3v) is 5.25. The molecule has 0 radical (unpaired) electrons. The SMILES string of the molecule is COC(=O)C1=C(C(=O)c2ccc(Cl)cc2)[C@@H](c2cccs2)n2nnnc2N1. The zero-order valence-electron chi connectivity index (χ0n) is 13.9. The molecular weight excluding hydrogens is 390 g/mol. The zero-order valence-corrected chi connectivity index (χ0v) is 15.5. The number of hydrogen-bond donors (Lipinski definition) is 1. The number of halogens is 1. The first-order chi connectivity index (χ1) is 13.1. The first-order valence-electron chi connectivity index (χ1n) is 7.81. The highest BCUT2D eigenvalue weighted by molar-refractivity contribution is 7.10. The van der Waals surface area contributed by atoms with Crippen LogP contribution in [0.2, 0.25) is 5.02 Å². The second-order valence-corrected chi connectivity index (χ2v) is 7.02. The maximum absolute atomic E-state index is 13.4. The molecule has 1 N–H and O–H groups in total. The Kier molecular flexibility index (Phi) is 4.46. The number of allylic oxidation sites excluding steroid dienone is 1. The predicted molar refractivity (Wildman–Crippen MR) is 98.7 cm³/mol. The minimum atomic E-state index is -0.678. The number of carbonyl (C=O) groups excluding carboxylic acids is 2. The number of fused-ring (bicyclic) bond motifs is 1. The van der Waals surface area contributed by atoms with Gasteiger partial charge in [-0.2, -0.15) is 4.68 Å². The van der Waals surface area contributed by atoms with E-state index < -0.39 is 12.0 Å². The lowest BCUT2D eigenvalue weighted by Gasteiger charge is -2.27. The fourth-order valence-corrected chi connectivity index (χ4v) is 3.80. The summed E-state index contributed by atoms with van der Waals surface area (Å²) < 4.78 is 6.35. The van der Waals surface area contributed by atoms with E-state index in [9.17, 15) is 9.59 Å². The molecule has 1 aliphatic rings. The van der Waals surface area contributed by atoms with E-state index >= 15 is 0 Å². The van der Waals surface area contributed by atoms with Crippen molar-refractivity contribution < 1.29 is 14.3 Å². The second kappa shape index (κ2) is 6.93. The molecule has 0 amide bonds. The lowest BCUT2D eigenvalue weighted by Crippen LogP contribution is -2.32. The number of ketones is 1. The van der Waals surface area contributed by atoms with Gasteiger partial charge in [0.25, 0.3) is 0 Å². The van der Waals surface area contributed by atoms with Crippen molar-refractivity contribution >= 4 is 40.6 Å². The molecule has 1 aliphatic heterocycles. The zero-order chi connectivity index (χ0) is 19.0. The van der Waals surface area contributed by atoms with E-state index in [1.54, 1.807) is 24.3 Å². The summed E-state index contributed by atoms with van der Waals surface area (Å²) >= 11 is 7.36. The largest absolute Gasteiger partial charge is 0.464 e. The number of thiophene rings is 1. The normalized spacial score (nSPS) is 15.9. The number of anilines is 1. The van der Waals surface area contributed by atoms with Crippen molar-refractivity contribution in [1.82, 2.24) is 20.2 Å². The number of rotatable bonds is 4. The number of hydrogen-bond acceptors (Lipinski definition) is 8. The first kappa shape index (κ1) is 17.4. The molecule has 0 unspecified atom stereocenters. The number of tetrazole rings is 1.